The lowest BCUT2D eigenvalue weighted by molar-refractivity contribution is 0.907. The van der Waals surface area contributed by atoms with E-state index in [1.807, 2.05) is 18.2 Å². The number of nitrogen functional groups attached to an aromatic ring is 1. The van der Waals surface area contributed by atoms with Crippen LogP contribution in [-0.2, 0) is 0 Å². The summed E-state index contributed by atoms with van der Waals surface area (Å²) < 4.78 is 1.15. The molecule has 2 rings (SSSR count). The Labute approximate surface area is 113 Å². The second-order valence-electron chi connectivity index (χ2n) is 3.62. The van der Waals surface area contributed by atoms with Gasteiger partial charge in [-0.05, 0) is 59.2 Å². The molecule has 16 heavy (non-hydrogen) atoms. The van der Waals surface area contributed by atoms with E-state index in [-0.39, 0.29) is 0 Å². The molecule has 0 amide bonds. The summed E-state index contributed by atoms with van der Waals surface area (Å²) in [4.78, 5) is 1.34. The number of hydrogen-bond donors (Lipinski definition) is 2. The number of halogens is 1. The molecule has 1 unspecified atom stereocenters. The summed E-state index contributed by atoms with van der Waals surface area (Å²) in [5.74, 6) is 0. The van der Waals surface area contributed by atoms with Crippen LogP contribution in [0.25, 0.3) is 0 Å². The van der Waals surface area contributed by atoms with Crippen LogP contribution in [0.15, 0.2) is 35.7 Å². The van der Waals surface area contributed by atoms with E-state index in [2.05, 4.69) is 52.3 Å². The molecule has 4 heteroatoms. The fraction of sp³-hybridized carbons (Fsp3) is 0.167. The average Bonchev–Trinajstić information content (AvgIpc) is 2.75. The third-order valence-corrected chi connectivity index (χ3v) is 4.28. The second-order valence-corrected chi connectivity index (χ2v) is 5.76. The zero-order chi connectivity index (χ0) is 11.5. The van der Waals surface area contributed by atoms with Crippen molar-refractivity contribution in [2.45, 2.75) is 13.0 Å². The number of nitrogens with two attached hydrogens (primary N) is 1. The Hall–Kier alpha value is -0.750. The average molecular weight is 344 g/mol. The highest BCUT2D eigenvalue weighted by molar-refractivity contribution is 14.1. The van der Waals surface area contributed by atoms with Gasteiger partial charge in [-0.1, -0.05) is 6.07 Å². The van der Waals surface area contributed by atoms with Gasteiger partial charge in [0, 0.05) is 19.8 Å². The molecule has 0 aliphatic carbocycles. The van der Waals surface area contributed by atoms with Gasteiger partial charge in [-0.15, -0.1) is 11.3 Å². The molecule has 1 heterocycles. The quantitative estimate of drug-likeness (QED) is 0.650. The van der Waals surface area contributed by atoms with Gasteiger partial charge in [0.05, 0.1) is 6.04 Å². The first-order valence-electron chi connectivity index (χ1n) is 5.02. The van der Waals surface area contributed by atoms with E-state index in [9.17, 15) is 0 Å². The molecule has 0 saturated carbocycles. The largest absolute Gasteiger partial charge is 0.399 e. The fourth-order valence-corrected chi connectivity index (χ4v) is 2.92. The van der Waals surface area contributed by atoms with Crippen molar-refractivity contribution in [2.75, 3.05) is 11.1 Å². The molecule has 0 aliphatic rings. The molecule has 3 N–H and O–H groups in total. The molecule has 1 aromatic heterocycles. The van der Waals surface area contributed by atoms with Crippen LogP contribution in [0.4, 0.5) is 11.4 Å². The molecule has 0 fully saturated rings. The molecule has 0 spiro atoms. The third-order valence-electron chi connectivity index (χ3n) is 2.34. The molecule has 0 aliphatic heterocycles. The standard InChI is InChI=1S/C12H13IN2S/c1-8(12-3-2-6-16-12)15-11-5-4-9(14)7-10(11)13/h2-8,15H,14H2,1H3. The van der Waals surface area contributed by atoms with E-state index in [0.717, 1.165) is 14.9 Å². The number of thiophene rings is 1. The van der Waals surface area contributed by atoms with Gasteiger partial charge in [-0.2, -0.15) is 0 Å². The molecule has 2 aromatic rings. The van der Waals surface area contributed by atoms with Crippen LogP contribution in [0, 0.1) is 3.57 Å². The molecule has 0 bridgehead atoms. The molecule has 2 nitrogen and oxygen atoms in total. The second kappa shape index (κ2) is 5.05. The molecular weight excluding hydrogens is 331 g/mol. The highest BCUT2D eigenvalue weighted by atomic mass is 127. The maximum atomic E-state index is 5.72. The first kappa shape index (κ1) is 11.7. The van der Waals surface area contributed by atoms with Crippen molar-refractivity contribution in [3.63, 3.8) is 0 Å². The summed E-state index contributed by atoms with van der Waals surface area (Å²) in [5.41, 5.74) is 7.66. The Morgan fingerprint density at radius 1 is 1.38 bits per heavy atom. The first-order valence-corrected chi connectivity index (χ1v) is 6.97. The van der Waals surface area contributed by atoms with E-state index < -0.39 is 0 Å². The fourth-order valence-electron chi connectivity index (χ4n) is 1.49. The van der Waals surface area contributed by atoms with Crippen LogP contribution in [0.1, 0.15) is 17.8 Å². The molecule has 0 radical (unpaired) electrons. The van der Waals surface area contributed by atoms with Gasteiger partial charge in [0.1, 0.15) is 0 Å². The number of anilines is 2. The van der Waals surface area contributed by atoms with Crippen molar-refractivity contribution < 1.29 is 0 Å². The van der Waals surface area contributed by atoms with Crippen LogP contribution >= 0.6 is 33.9 Å². The number of benzene rings is 1. The van der Waals surface area contributed by atoms with Crippen LogP contribution in [-0.4, -0.2) is 0 Å². The van der Waals surface area contributed by atoms with E-state index in [0.29, 0.717) is 6.04 Å². The highest BCUT2D eigenvalue weighted by Crippen LogP contribution is 2.27. The van der Waals surface area contributed by atoms with Gasteiger partial charge in [0.2, 0.25) is 0 Å². The molecular formula is C12H13IN2S. The Kier molecular flexibility index (Phi) is 3.70. The Morgan fingerprint density at radius 3 is 2.81 bits per heavy atom. The van der Waals surface area contributed by atoms with E-state index in [4.69, 9.17) is 5.73 Å². The van der Waals surface area contributed by atoms with Gasteiger partial charge in [0.15, 0.2) is 0 Å². The maximum absolute atomic E-state index is 5.72. The summed E-state index contributed by atoms with van der Waals surface area (Å²) in [7, 11) is 0. The third kappa shape index (κ3) is 2.68. The summed E-state index contributed by atoms with van der Waals surface area (Å²) in [6, 6.07) is 10.5. The normalized spacial score (nSPS) is 12.4. The van der Waals surface area contributed by atoms with Crippen molar-refractivity contribution >= 4 is 45.3 Å². The van der Waals surface area contributed by atoms with Crippen LogP contribution in [0.2, 0.25) is 0 Å². The Morgan fingerprint density at radius 2 is 2.19 bits per heavy atom. The van der Waals surface area contributed by atoms with Gasteiger partial charge in [-0.25, -0.2) is 0 Å². The molecule has 1 aromatic carbocycles. The predicted octanol–water partition coefficient (Wildman–Crippen LogP) is 4.11. The Balaban J connectivity index is 2.15. The van der Waals surface area contributed by atoms with Crippen molar-refractivity contribution in [2.24, 2.45) is 0 Å². The minimum atomic E-state index is 0.331. The topological polar surface area (TPSA) is 38.0 Å². The Bertz CT molecular complexity index is 468. The van der Waals surface area contributed by atoms with Crippen LogP contribution in [0.5, 0.6) is 0 Å². The molecule has 0 saturated heterocycles. The van der Waals surface area contributed by atoms with E-state index in [1.165, 1.54) is 4.88 Å². The van der Waals surface area contributed by atoms with Crippen molar-refractivity contribution in [1.82, 2.24) is 0 Å². The number of rotatable bonds is 3. The van der Waals surface area contributed by atoms with Gasteiger partial charge in [0.25, 0.3) is 0 Å². The van der Waals surface area contributed by atoms with Crippen molar-refractivity contribution in [1.29, 1.82) is 0 Å². The van der Waals surface area contributed by atoms with Gasteiger partial charge in [-0.3, -0.25) is 0 Å². The first-order chi connectivity index (χ1) is 7.66. The minimum absolute atomic E-state index is 0.331. The molecule has 1 atom stereocenters. The lowest BCUT2D eigenvalue weighted by atomic mass is 10.2. The van der Waals surface area contributed by atoms with Crippen LogP contribution < -0.4 is 11.1 Å². The monoisotopic (exact) mass is 344 g/mol. The lowest BCUT2D eigenvalue weighted by Crippen LogP contribution is -2.06. The van der Waals surface area contributed by atoms with E-state index >= 15 is 0 Å². The maximum Gasteiger partial charge on any atom is 0.0578 e. The van der Waals surface area contributed by atoms with Crippen molar-refractivity contribution in [3.8, 4) is 0 Å². The van der Waals surface area contributed by atoms with Gasteiger partial charge < -0.3 is 11.1 Å². The van der Waals surface area contributed by atoms with Crippen LogP contribution in [0.3, 0.4) is 0 Å². The van der Waals surface area contributed by atoms with Gasteiger partial charge >= 0.3 is 0 Å². The number of hydrogen-bond acceptors (Lipinski definition) is 3. The van der Waals surface area contributed by atoms with E-state index in [1.54, 1.807) is 11.3 Å². The highest BCUT2D eigenvalue weighted by Gasteiger charge is 2.08. The predicted molar refractivity (Wildman–Crippen MR) is 79.9 cm³/mol. The summed E-state index contributed by atoms with van der Waals surface area (Å²) in [5, 5.41) is 5.59. The number of nitrogens with one attached hydrogen (secondary N) is 1. The van der Waals surface area contributed by atoms with Crippen molar-refractivity contribution in [3.05, 3.63) is 44.2 Å². The summed E-state index contributed by atoms with van der Waals surface area (Å²) in [6.07, 6.45) is 0. The smallest absolute Gasteiger partial charge is 0.0578 e. The summed E-state index contributed by atoms with van der Waals surface area (Å²) in [6.45, 7) is 2.16. The molecule has 84 valence electrons. The lowest BCUT2D eigenvalue weighted by Gasteiger charge is -2.15. The minimum Gasteiger partial charge on any atom is -0.399 e. The zero-order valence-electron chi connectivity index (χ0n) is 8.91. The summed E-state index contributed by atoms with van der Waals surface area (Å²) >= 11 is 4.07. The zero-order valence-corrected chi connectivity index (χ0v) is 11.9. The SMILES string of the molecule is CC(Nc1ccc(N)cc1I)c1cccs1.